The molecule has 3 atom stereocenters. The van der Waals surface area contributed by atoms with Crippen molar-refractivity contribution in [3.05, 3.63) is 41.5 Å². The average molecular weight is 308 g/mol. The molecule has 2 N–H and O–H groups in total. The zero-order chi connectivity index (χ0) is 14.2. The molecule has 2 nitrogen and oxygen atoms in total. The number of methoxy groups -OCH3 is 1. The first-order chi connectivity index (χ1) is 9.71. The Morgan fingerprint density at radius 3 is 2.86 bits per heavy atom. The van der Waals surface area contributed by atoms with Crippen molar-refractivity contribution < 1.29 is 4.74 Å². The maximum atomic E-state index is 6.73. The fraction of sp³-hybridized carbons (Fsp3) is 0.556. The lowest BCUT2D eigenvalue weighted by molar-refractivity contribution is 0.209. The molecule has 1 aromatic rings. The number of benzene rings is 1. The molecule has 0 saturated heterocycles. The van der Waals surface area contributed by atoms with E-state index in [-0.39, 0.29) is 23.9 Å². The Bertz CT molecular complexity index is 528. The summed E-state index contributed by atoms with van der Waals surface area (Å²) in [6.07, 6.45) is 10.3. The number of allylic oxidation sites excluding steroid dienone is 2. The van der Waals surface area contributed by atoms with Gasteiger partial charge in [0.25, 0.3) is 0 Å². The molecule has 0 amide bonds. The van der Waals surface area contributed by atoms with E-state index in [1.807, 2.05) is 0 Å². The van der Waals surface area contributed by atoms with Gasteiger partial charge >= 0.3 is 0 Å². The second-order valence-electron chi connectivity index (χ2n) is 6.27. The zero-order valence-corrected chi connectivity index (χ0v) is 13.8. The van der Waals surface area contributed by atoms with Gasteiger partial charge in [0.05, 0.1) is 7.11 Å². The minimum absolute atomic E-state index is 0. The van der Waals surface area contributed by atoms with E-state index in [2.05, 4.69) is 37.3 Å². The minimum atomic E-state index is 0. The number of halogens is 1. The van der Waals surface area contributed by atoms with Crippen molar-refractivity contribution in [2.45, 2.75) is 50.5 Å². The SMILES string of the molecule is CC[C@@]12CC/C=C\CC(Cc3ccc(OC)cc31)[C@@H]2N.Cl. The molecule has 1 aromatic carbocycles. The molecule has 116 valence electrons. The topological polar surface area (TPSA) is 35.2 Å². The van der Waals surface area contributed by atoms with Crippen LogP contribution in [-0.4, -0.2) is 13.2 Å². The summed E-state index contributed by atoms with van der Waals surface area (Å²) in [7, 11) is 1.74. The Morgan fingerprint density at radius 1 is 1.33 bits per heavy atom. The largest absolute Gasteiger partial charge is 0.497 e. The van der Waals surface area contributed by atoms with Crippen molar-refractivity contribution in [1.29, 1.82) is 0 Å². The van der Waals surface area contributed by atoms with Gasteiger partial charge in [-0.25, -0.2) is 0 Å². The lowest BCUT2D eigenvalue weighted by atomic mass is 9.58. The number of hydrogen-bond acceptors (Lipinski definition) is 2. The molecule has 0 spiro atoms. The first kappa shape index (κ1) is 16.4. The van der Waals surface area contributed by atoms with E-state index in [0.29, 0.717) is 5.92 Å². The molecular weight excluding hydrogens is 282 g/mol. The fourth-order valence-electron chi connectivity index (χ4n) is 4.23. The van der Waals surface area contributed by atoms with Crippen molar-refractivity contribution in [2.24, 2.45) is 11.7 Å². The molecule has 2 bridgehead atoms. The van der Waals surface area contributed by atoms with E-state index < -0.39 is 0 Å². The molecule has 1 unspecified atom stereocenters. The molecule has 0 aliphatic heterocycles. The van der Waals surface area contributed by atoms with Gasteiger partial charge < -0.3 is 10.5 Å². The van der Waals surface area contributed by atoms with Gasteiger partial charge in [-0.15, -0.1) is 12.4 Å². The predicted octanol–water partition coefficient (Wildman–Crippen LogP) is 4.00. The molecule has 0 saturated carbocycles. The van der Waals surface area contributed by atoms with Crippen LogP contribution in [0.15, 0.2) is 30.4 Å². The van der Waals surface area contributed by atoms with Crippen LogP contribution in [0.4, 0.5) is 0 Å². The Hall–Kier alpha value is -0.990. The highest BCUT2D eigenvalue weighted by Gasteiger charge is 2.45. The summed E-state index contributed by atoms with van der Waals surface area (Å²) in [6, 6.07) is 6.84. The molecule has 0 fully saturated rings. The Kier molecular flexibility index (Phi) is 5.00. The molecule has 0 aromatic heterocycles. The van der Waals surface area contributed by atoms with E-state index >= 15 is 0 Å². The molecule has 3 heteroatoms. The summed E-state index contributed by atoms with van der Waals surface area (Å²) in [5.74, 6) is 1.53. The van der Waals surface area contributed by atoms with Crippen LogP contribution >= 0.6 is 12.4 Å². The number of rotatable bonds is 2. The molecular formula is C18H26ClNO. The van der Waals surface area contributed by atoms with E-state index in [1.54, 1.807) is 7.11 Å². The predicted molar refractivity (Wildman–Crippen MR) is 90.4 cm³/mol. The van der Waals surface area contributed by atoms with Gasteiger partial charge in [-0.05, 0) is 61.3 Å². The highest BCUT2D eigenvalue weighted by Crippen LogP contribution is 2.47. The summed E-state index contributed by atoms with van der Waals surface area (Å²) < 4.78 is 5.44. The summed E-state index contributed by atoms with van der Waals surface area (Å²) >= 11 is 0. The van der Waals surface area contributed by atoms with Crippen molar-refractivity contribution in [3.63, 3.8) is 0 Å². The molecule has 0 radical (unpaired) electrons. The molecule has 2 aliphatic rings. The quantitative estimate of drug-likeness (QED) is 0.838. The van der Waals surface area contributed by atoms with Gasteiger partial charge in [-0.1, -0.05) is 25.1 Å². The molecule has 3 rings (SSSR count). The third-order valence-corrected chi connectivity index (χ3v) is 5.47. The van der Waals surface area contributed by atoms with Gasteiger partial charge in [-0.2, -0.15) is 0 Å². The third kappa shape index (κ3) is 2.60. The lowest BCUT2D eigenvalue weighted by Crippen LogP contribution is -2.53. The second kappa shape index (κ2) is 6.41. The highest BCUT2D eigenvalue weighted by molar-refractivity contribution is 5.85. The van der Waals surface area contributed by atoms with Gasteiger partial charge in [-0.3, -0.25) is 0 Å². The summed E-state index contributed by atoms with van der Waals surface area (Å²) in [6.45, 7) is 2.29. The number of fused-ring (bicyclic) bond motifs is 4. The van der Waals surface area contributed by atoms with Crippen LogP contribution in [0.1, 0.15) is 43.7 Å². The monoisotopic (exact) mass is 307 g/mol. The van der Waals surface area contributed by atoms with E-state index in [1.165, 1.54) is 11.1 Å². The summed E-state index contributed by atoms with van der Waals surface area (Å²) in [4.78, 5) is 0. The maximum absolute atomic E-state index is 6.73. The average Bonchev–Trinajstić information content (AvgIpc) is 2.48. The van der Waals surface area contributed by atoms with Gasteiger partial charge in [0, 0.05) is 11.5 Å². The van der Waals surface area contributed by atoms with Crippen molar-refractivity contribution in [2.75, 3.05) is 7.11 Å². The first-order valence-corrected chi connectivity index (χ1v) is 7.79. The van der Waals surface area contributed by atoms with Crippen LogP contribution in [0.2, 0.25) is 0 Å². The third-order valence-electron chi connectivity index (χ3n) is 5.47. The van der Waals surface area contributed by atoms with Gasteiger partial charge in [0.2, 0.25) is 0 Å². The molecule has 21 heavy (non-hydrogen) atoms. The van der Waals surface area contributed by atoms with Crippen LogP contribution < -0.4 is 10.5 Å². The van der Waals surface area contributed by atoms with Crippen LogP contribution in [-0.2, 0) is 11.8 Å². The number of nitrogens with two attached hydrogens (primary N) is 1. The van der Waals surface area contributed by atoms with Crippen LogP contribution in [0, 0.1) is 5.92 Å². The van der Waals surface area contributed by atoms with Crippen LogP contribution in [0.25, 0.3) is 0 Å². The van der Waals surface area contributed by atoms with E-state index in [9.17, 15) is 0 Å². The summed E-state index contributed by atoms with van der Waals surface area (Å²) in [5.41, 5.74) is 9.78. The van der Waals surface area contributed by atoms with Crippen LogP contribution in [0.3, 0.4) is 0 Å². The lowest BCUT2D eigenvalue weighted by Gasteiger charge is -2.48. The van der Waals surface area contributed by atoms with Crippen molar-refractivity contribution in [1.82, 2.24) is 0 Å². The number of hydrogen-bond donors (Lipinski definition) is 1. The fourth-order valence-corrected chi connectivity index (χ4v) is 4.23. The summed E-state index contributed by atoms with van der Waals surface area (Å²) in [5, 5.41) is 0. The van der Waals surface area contributed by atoms with Crippen LogP contribution in [0.5, 0.6) is 5.75 Å². The maximum Gasteiger partial charge on any atom is 0.119 e. The van der Waals surface area contributed by atoms with Crippen molar-refractivity contribution >= 4 is 12.4 Å². The van der Waals surface area contributed by atoms with Crippen molar-refractivity contribution in [3.8, 4) is 5.75 Å². The van der Waals surface area contributed by atoms with Gasteiger partial charge in [0.15, 0.2) is 0 Å². The van der Waals surface area contributed by atoms with E-state index in [4.69, 9.17) is 10.5 Å². The number of ether oxygens (including phenoxy) is 1. The molecule has 0 heterocycles. The standard InChI is InChI=1S/C18H25NO.ClH/c1-3-18-10-6-4-5-7-14(17(18)19)11-13-8-9-15(20-2)12-16(13)18;/h4-5,8-9,12,14,17H,3,6-7,10-11,19H2,1-2H3;1H/b5-4-;/t14?,17-,18+;/m0./s1. The van der Waals surface area contributed by atoms with E-state index in [0.717, 1.165) is 37.9 Å². The minimum Gasteiger partial charge on any atom is -0.497 e. The first-order valence-electron chi connectivity index (χ1n) is 7.79. The highest BCUT2D eigenvalue weighted by atomic mass is 35.5. The Balaban J connectivity index is 0.00000161. The Morgan fingerprint density at radius 2 is 2.14 bits per heavy atom. The van der Waals surface area contributed by atoms with Gasteiger partial charge in [0.1, 0.15) is 5.75 Å². The smallest absolute Gasteiger partial charge is 0.119 e. The normalized spacial score (nSPS) is 32.1. The zero-order valence-electron chi connectivity index (χ0n) is 13.0. The Labute approximate surface area is 134 Å². The molecule has 2 aliphatic carbocycles. The second-order valence-corrected chi connectivity index (χ2v) is 6.27.